The summed E-state index contributed by atoms with van der Waals surface area (Å²) in [5, 5.41) is 23.8. The molecule has 1 saturated heterocycles. The average molecular weight is 536 g/mol. The molecule has 0 aliphatic carbocycles. The topological polar surface area (TPSA) is 96.3 Å². The van der Waals surface area contributed by atoms with Crippen LogP contribution < -0.4 is 14.4 Å². The predicted octanol–water partition coefficient (Wildman–Crippen LogP) is 5.77. The molecule has 1 aliphatic heterocycles. The summed E-state index contributed by atoms with van der Waals surface area (Å²) in [7, 11) is 3.10. The fraction of sp³-hybridized carbons (Fsp3) is 0.152. The molecule has 0 radical (unpaired) electrons. The van der Waals surface area contributed by atoms with Crippen molar-refractivity contribution < 1.29 is 29.3 Å². The number of ketones is 2. The Morgan fingerprint density at radius 3 is 1.80 bits per heavy atom. The largest absolute Gasteiger partial charge is 0.507 e. The van der Waals surface area contributed by atoms with E-state index in [1.54, 1.807) is 123 Å². The maximum absolute atomic E-state index is 14.3. The zero-order valence-electron chi connectivity index (χ0n) is 22.2. The fourth-order valence-electron chi connectivity index (χ4n) is 5.10. The van der Waals surface area contributed by atoms with Crippen LogP contribution >= 0.6 is 0 Å². The summed E-state index contributed by atoms with van der Waals surface area (Å²) >= 11 is 0. The van der Waals surface area contributed by atoms with Gasteiger partial charge in [0, 0.05) is 16.8 Å². The molecule has 5 rings (SSSR count). The summed E-state index contributed by atoms with van der Waals surface area (Å²) in [5.74, 6) is -0.245. The van der Waals surface area contributed by atoms with Crippen LogP contribution in [0.1, 0.15) is 33.9 Å². The Balaban J connectivity index is 1.75. The van der Waals surface area contributed by atoms with Crippen LogP contribution in [0.3, 0.4) is 0 Å². The lowest BCUT2D eigenvalue weighted by molar-refractivity contribution is -0.130. The predicted molar refractivity (Wildman–Crippen MR) is 153 cm³/mol. The van der Waals surface area contributed by atoms with Crippen molar-refractivity contribution in [1.29, 1.82) is 0 Å². The first-order valence-corrected chi connectivity index (χ1v) is 12.8. The molecule has 2 atom stereocenters. The van der Waals surface area contributed by atoms with Crippen molar-refractivity contribution in [2.24, 2.45) is 0 Å². The van der Waals surface area contributed by atoms with Crippen LogP contribution in [0, 0.1) is 0 Å². The SMILES string of the molecule is COc1ccc([C@@H]2C(=C(O)c3ccccc3)C(=O)[C@](O)(CC(=O)c3ccccc3)N2c2ccc(OC)cc2)cc1. The van der Waals surface area contributed by atoms with Crippen molar-refractivity contribution in [2.75, 3.05) is 19.1 Å². The monoisotopic (exact) mass is 535 g/mol. The van der Waals surface area contributed by atoms with E-state index >= 15 is 0 Å². The summed E-state index contributed by atoms with van der Waals surface area (Å²) in [4.78, 5) is 29.3. The van der Waals surface area contributed by atoms with Crippen molar-refractivity contribution in [2.45, 2.75) is 18.2 Å². The molecule has 0 amide bonds. The quantitative estimate of drug-likeness (QED) is 0.168. The Morgan fingerprint density at radius 2 is 1.27 bits per heavy atom. The zero-order chi connectivity index (χ0) is 28.3. The Bertz CT molecular complexity index is 1530. The lowest BCUT2D eigenvalue weighted by Gasteiger charge is -2.37. The van der Waals surface area contributed by atoms with E-state index in [1.165, 1.54) is 4.90 Å². The maximum atomic E-state index is 14.3. The number of nitrogens with zero attached hydrogens (tertiary/aromatic N) is 1. The fourth-order valence-corrected chi connectivity index (χ4v) is 5.10. The van der Waals surface area contributed by atoms with Crippen LogP contribution in [0.5, 0.6) is 11.5 Å². The van der Waals surface area contributed by atoms with Gasteiger partial charge in [-0.05, 0) is 42.0 Å². The van der Waals surface area contributed by atoms with E-state index in [4.69, 9.17) is 9.47 Å². The first-order valence-electron chi connectivity index (χ1n) is 12.8. The molecule has 0 bridgehead atoms. The number of rotatable bonds is 8. The smallest absolute Gasteiger partial charge is 0.217 e. The Kier molecular flexibility index (Phi) is 7.40. The second kappa shape index (κ2) is 11.1. The number of Topliss-reactive ketones (excluding diaryl/α,β-unsaturated/α-hetero) is 2. The number of hydrogen-bond acceptors (Lipinski definition) is 7. The van der Waals surface area contributed by atoms with Gasteiger partial charge in [0.1, 0.15) is 17.3 Å². The second-order valence-electron chi connectivity index (χ2n) is 9.48. The lowest BCUT2D eigenvalue weighted by Crippen LogP contribution is -2.51. The third-order valence-corrected chi connectivity index (χ3v) is 7.13. The number of aliphatic hydroxyl groups excluding tert-OH is 1. The van der Waals surface area contributed by atoms with Crippen molar-refractivity contribution in [3.8, 4) is 11.5 Å². The number of aliphatic hydroxyl groups is 2. The molecule has 0 aromatic heterocycles. The number of methoxy groups -OCH3 is 2. The van der Waals surface area contributed by atoms with Crippen molar-refractivity contribution in [1.82, 2.24) is 0 Å². The zero-order valence-corrected chi connectivity index (χ0v) is 22.2. The molecule has 1 heterocycles. The molecule has 0 spiro atoms. The highest BCUT2D eigenvalue weighted by Crippen LogP contribution is 2.50. The highest BCUT2D eigenvalue weighted by molar-refractivity contribution is 6.15. The number of ether oxygens (including phenoxy) is 2. The second-order valence-corrected chi connectivity index (χ2v) is 9.48. The van der Waals surface area contributed by atoms with Gasteiger partial charge in [-0.1, -0.05) is 72.8 Å². The number of hydrogen-bond donors (Lipinski definition) is 2. The minimum absolute atomic E-state index is 0.0180. The maximum Gasteiger partial charge on any atom is 0.217 e. The van der Waals surface area contributed by atoms with Crippen LogP contribution in [-0.2, 0) is 4.79 Å². The molecule has 40 heavy (non-hydrogen) atoms. The van der Waals surface area contributed by atoms with Gasteiger partial charge in [-0.25, -0.2) is 0 Å². The number of carbonyl (C=O) groups is 2. The summed E-state index contributed by atoms with van der Waals surface area (Å²) in [6.45, 7) is 0. The highest BCUT2D eigenvalue weighted by atomic mass is 16.5. The first-order chi connectivity index (χ1) is 19.4. The molecule has 0 saturated carbocycles. The molecule has 7 nitrogen and oxygen atoms in total. The van der Waals surface area contributed by atoms with Crippen LogP contribution in [0.25, 0.3) is 5.76 Å². The van der Waals surface area contributed by atoms with E-state index in [0.717, 1.165) is 0 Å². The van der Waals surface area contributed by atoms with Gasteiger partial charge in [0.05, 0.1) is 32.3 Å². The van der Waals surface area contributed by atoms with E-state index in [-0.39, 0.29) is 11.3 Å². The highest BCUT2D eigenvalue weighted by Gasteiger charge is 2.58. The third kappa shape index (κ3) is 4.83. The molecule has 7 heteroatoms. The number of anilines is 1. The summed E-state index contributed by atoms with van der Waals surface area (Å²) < 4.78 is 10.6. The van der Waals surface area contributed by atoms with Gasteiger partial charge in [0.15, 0.2) is 5.78 Å². The lowest BCUT2D eigenvalue weighted by atomic mass is 9.92. The van der Waals surface area contributed by atoms with Crippen LogP contribution in [0.4, 0.5) is 5.69 Å². The van der Waals surface area contributed by atoms with E-state index in [0.29, 0.717) is 33.9 Å². The minimum atomic E-state index is -2.30. The molecular formula is C33H29NO6. The molecule has 1 fully saturated rings. The van der Waals surface area contributed by atoms with E-state index in [1.807, 2.05) is 0 Å². The standard InChI is InChI=1S/C33H29NO6/c1-39-26-17-13-23(14-18-26)30-29(31(36)24-11-7-4-8-12-24)32(37)33(38,21-28(35)22-9-5-3-6-10-22)34(30)25-15-19-27(40-2)20-16-25/h3-20,30,36,38H,21H2,1-2H3/t30-,33-/m1/s1. The van der Waals surface area contributed by atoms with Gasteiger partial charge in [-0.15, -0.1) is 0 Å². The van der Waals surface area contributed by atoms with E-state index in [2.05, 4.69) is 0 Å². The van der Waals surface area contributed by atoms with Gasteiger partial charge in [0.25, 0.3) is 0 Å². The molecule has 4 aromatic rings. The molecular weight excluding hydrogens is 506 g/mol. The van der Waals surface area contributed by atoms with Crippen LogP contribution in [-0.4, -0.2) is 41.7 Å². The van der Waals surface area contributed by atoms with Gasteiger partial charge >= 0.3 is 0 Å². The number of benzene rings is 4. The van der Waals surface area contributed by atoms with E-state index in [9.17, 15) is 19.8 Å². The van der Waals surface area contributed by atoms with Crippen LogP contribution in [0.15, 0.2) is 115 Å². The first kappa shape index (κ1) is 26.7. The van der Waals surface area contributed by atoms with Crippen molar-refractivity contribution >= 4 is 23.0 Å². The average Bonchev–Trinajstić information content (AvgIpc) is 3.23. The van der Waals surface area contributed by atoms with Gasteiger partial charge in [0.2, 0.25) is 11.5 Å². The molecule has 0 unspecified atom stereocenters. The Hall–Kier alpha value is -4.88. The molecule has 1 aliphatic rings. The third-order valence-electron chi connectivity index (χ3n) is 7.13. The number of carbonyl (C=O) groups excluding carboxylic acids is 2. The Morgan fingerprint density at radius 1 is 0.775 bits per heavy atom. The minimum Gasteiger partial charge on any atom is -0.507 e. The van der Waals surface area contributed by atoms with Crippen molar-refractivity contribution in [3.05, 3.63) is 131 Å². The summed E-state index contributed by atoms with van der Waals surface area (Å²) in [6, 6.07) is 30.1. The van der Waals surface area contributed by atoms with Gasteiger partial charge in [-0.3, -0.25) is 9.59 Å². The van der Waals surface area contributed by atoms with Gasteiger partial charge < -0.3 is 24.6 Å². The Labute approximate surface area is 232 Å². The van der Waals surface area contributed by atoms with Crippen molar-refractivity contribution in [3.63, 3.8) is 0 Å². The molecule has 4 aromatic carbocycles. The molecule has 202 valence electrons. The molecule has 2 N–H and O–H groups in total. The normalized spacial score (nSPS) is 19.8. The van der Waals surface area contributed by atoms with E-state index < -0.39 is 29.8 Å². The summed E-state index contributed by atoms with van der Waals surface area (Å²) in [5.41, 5.74) is -0.457. The summed E-state index contributed by atoms with van der Waals surface area (Å²) in [6.07, 6.45) is -0.528. The van der Waals surface area contributed by atoms with Gasteiger partial charge in [-0.2, -0.15) is 0 Å². The van der Waals surface area contributed by atoms with Crippen LogP contribution in [0.2, 0.25) is 0 Å².